The molecule has 0 radical (unpaired) electrons. The van der Waals surface area contributed by atoms with Crippen LogP contribution in [0, 0.1) is 0 Å². The van der Waals surface area contributed by atoms with Crippen LogP contribution < -0.4 is 16.2 Å². The van der Waals surface area contributed by atoms with Crippen molar-refractivity contribution < 1.29 is 9.90 Å². The number of benzene rings is 2. The Hall–Kier alpha value is -2.72. The van der Waals surface area contributed by atoms with Gasteiger partial charge in [0.15, 0.2) is 0 Å². The van der Waals surface area contributed by atoms with E-state index in [1.54, 1.807) is 6.07 Å². The predicted molar refractivity (Wildman–Crippen MR) is 112 cm³/mol. The van der Waals surface area contributed by atoms with Crippen LogP contribution in [0.5, 0.6) is 0 Å². The van der Waals surface area contributed by atoms with Crippen LogP contribution in [0.15, 0.2) is 60.5 Å². The summed E-state index contributed by atoms with van der Waals surface area (Å²) in [6.45, 7) is 3.67. The Morgan fingerprint density at radius 2 is 1.80 bits per heavy atom. The molecule has 3 rings (SSSR count). The molecule has 0 spiro atoms. The summed E-state index contributed by atoms with van der Waals surface area (Å²) in [5.41, 5.74) is 5.16. The molecule has 2 aromatic carbocycles. The zero-order valence-corrected chi connectivity index (χ0v) is 15.0. The average Bonchev–Trinajstić information content (AvgIpc) is 2.99. The van der Waals surface area contributed by atoms with Crippen LogP contribution in [0.2, 0.25) is 0 Å². The Morgan fingerprint density at radius 1 is 1.08 bits per heavy atom. The maximum Gasteiger partial charge on any atom is 0.256 e. The summed E-state index contributed by atoms with van der Waals surface area (Å²) in [5.74, 6) is -0.264. The van der Waals surface area contributed by atoms with Gasteiger partial charge in [-0.05, 0) is 11.6 Å². The third-order valence-electron chi connectivity index (χ3n) is 3.95. The molecule has 3 aromatic rings. The van der Waals surface area contributed by atoms with Gasteiger partial charge in [-0.15, -0.1) is 11.3 Å². The monoisotopic (exact) mass is 345 g/mol. The zero-order chi connectivity index (χ0) is 18.0. The number of aliphatic hydroxyl groups excluding tert-OH is 1. The van der Waals surface area contributed by atoms with Gasteiger partial charge in [0, 0.05) is 16.5 Å². The molecule has 1 aromatic heterocycles. The molecule has 0 aliphatic heterocycles. The normalized spacial score (nSPS) is 10.4. The first kappa shape index (κ1) is 17.1. The summed E-state index contributed by atoms with van der Waals surface area (Å²) >= 11 is 1.38. The van der Waals surface area contributed by atoms with Crippen LogP contribution in [0.25, 0.3) is 16.9 Å². The smallest absolute Gasteiger partial charge is 0.256 e. The fraction of sp³-hybridized carbons (Fsp3) is 0. The number of carbonyl (C=O) groups is 1. The van der Waals surface area contributed by atoms with Crippen LogP contribution in [-0.2, 0) is 0 Å². The number of anilines is 1. The number of amides is 1. The van der Waals surface area contributed by atoms with Gasteiger partial charge in [-0.2, -0.15) is 0 Å². The first-order chi connectivity index (χ1) is 12.0. The molecule has 0 saturated heterocycles. The van der Waals surface area contributed by atoms with Crippen molar-refractivity contribution in [2.24, 2.45) is 0 Å². The number of thiophene rings is 1. The minimum absolute atomic E-state index is 0.0589. The van der Waals surface area contributed by atoms with Gasteiger partial charge >= 0.3 is 0 Å². The van der Waals surface area contributed by atoms with E-state index in [0.717, 1.165) is 22.1 Å². The van der Waals surface area contributed by atoms with E-state index in [2.05, 4.69) is 11.9 Å². The predicted octanol–water partition coefficient (Wildman–Crippen LogP) is 1.71. The van der Waals surface area contributed by atoms with Crippen molar-refractivity contribution in [3.8, 4) is 11.1 Å². The minimum atomic E-state index is -0.205. The highest BCUT2D eigenvalue weighted by atomic mass is 32.1. The van der Waals surface area contributed by atoms with Gasteiger partial charge in [-0.3, -0.25) is 4.79 Å². The van der Waals surface area contributed by atoms with Crippen molar-refractivity contribution in [1.82, 2.24) is 0 Å². The van der Waals surface area contributed by atoms with Crippen LogP contribution in [0.1, 0.15) is 15.9 Å². The van der Waals surface area contributed by atoms with Gasteiger partial charge in [0.25, 0.3) is 5.91 Å². The van der Waals surface area contributed by atoms with Crippen LogP contribution in [-0.4, -0.2) is 26.7 Å². The molecular weight excluding hydrogens is 328 g/mol. The van der Waals surface area contributed by atoms with Gasteiger partial charge < -0.3 is 10.4 Å². The lowest BCUT2D eigenvalue weighted by Gasteiger charge is -2.09. The molecule has 0 aliphatic carbocycles. The van der Waals surface area contributed by atoms with Gasteiger partial charge in [0.05, 0.1) is 5.56 Å². The summed E-state index contributed by atoms with van der Waals surface area (Å²) in [7, 11) is 3.97. The minimum Gasteiger partial charge on any atom is -0.508 e. The van der Waals surface area contributed by atoms with Crippen LogP contribution in [0.3, 0.4) is 0 Å². The second-order valence-corrected chi connectivity index (χ2v) is 6.87. The molecule has 0 bridgehead atoms. The summed E-state index contributed by atoms with van der Waals surface area (Å²) in [4.78, 5) is 12.5. The van der Waals surface area contributed by atoms with E-state index >= 15 is 0 Å². The van der Waals surface area contributed by atoms with Crippen molar-refractivity contribution >= 4 is 54.6 Å². The van der Waals surface area contributed by atoms with Gasteiger partial charge in [0.1, 0.15) is 26.5 Å². The van der Waals surface area contributed by atoms with Crippen molar-refractivity contribution in [2.45, 2.75) is 0 Å². The van der Waals surface area contributed by atoms with Gasteiger partial charge in [-0.1, -0.05) is 60.0 Å². The Labute approximate surface area is 152 Å². The lowest BCUT2D eigenvalue weighted by Crippen LogP contribution is -2.14. The Balaban J connectivity index is 1.96. The van der Waals surface area contributed by atoms with E-state index in [-0.39, 0.29) is 11.7 Å². The lowest BCUT2D eigenvalue weighted by molar-refractivity contribution is 0.102. The molecule has 3 nitrogen and oxygen atoms in total. The summed E-state index contributed by atoms with van der Waals surface area (Å²) in [6.07, 6.45) is 0. The van der Waals surface area contributed by atoms with Crippen molar-refractivity contribution in [2.75, 3.05) is 5.32 Å². The summed E-state index contributed by atoms with van der Waals surface area (Å²) in [6, 6.07) is 15.4. The number of rotatable bonds is 4. The van der Waals surface area contributed by atoms with Crippen molar-refractivity contribution in [3.63, 3.8) is 0 Å². The van der Waals surface area contributed by atoms with E-state index in [1.807, 2.05) is 63.5 Å². The largest absolute Gasteiger partial charge is 0.508 e. The Kier molecular flexibility index (Phi) is 4.81. The standard InChI is InChI=1S/C19H17B2NO2S/c1-11(23)17-16(12-5-7-14(20)8-6-12)10-25-19(17)22-18(24)13-3-2-4-15(21)9-13/h2-10,23H,1,20-21H2,(H,22,24). The highest BCUT2D eigenvalue weighted by Gasteiger charge is 2.18. The van der Waals surface area contributed by atoms with E-state index in [0.29, 0.717) is 16.1 Å². The molecule has 0 atom stereocenters. The Bertz CT molecular complexity index is 948. The first-order valence-electron chi connectivity index (χ1n) is 7.90. The molecule has 122 valence electrons. The molecule has 0 fully saturated rings. The molecule has 0 unspecified atom stereocenters. The molecule has 2 N–H and O–H groups in total. The summed E-state index contributed by atoms with van der Waals surface area (Å²) in [5, 5.41) is 15.5. The topological polar surface area (TPSA) is 49.3 Å². The fourth-order valence-corrected chi connectivity index (χ4v) is 3.63. The maximum absolute atomic E-state index is 12.5. The fourth-order valence-electron chi connectivity index (χ4n) is 2.64. The first-order valence-corrected chi connectivity index (χ1v) is 8.78. The molecule has 6 heteroatoms. The average molecular weight is 345 g/mol. The molecule has 0 aliphatic rings. The number of carbonyl (C=O) groups excluding carboxylic acids is 1. The Morgan fingerprint density at radius 3 is 2.44 bits per heavy atom. The lowest BCUT2D eigenvalue weighted by atomic mass is 9.93. The second-order valence-electron chi connectivity index (χ2n) is 5.99. The highest BCUT2D eigenvalue weighted by molar-refractivity contribution is 7.15. The van der Waals surface area contributed by atoms with Crippen LogP contribution >= 0.6 is 11.3 Å². The summed E-state index contributed by atoms with van der Waals surface area (Å²) < 4.78 is 0. The van der Waals surface area contributed by atoms with E-state index in [9.17, 15) is 9.90 Å². The van der Waals surface area contributed by atoms with Gasteiger partial charge in [-0.25, -0.2) is 0 Å². The van der Waals surface area contributed by atoms with Crippen molar-refractivity contribution in [3.05, 3.63) is 71.6 Å². The zero-order valence-electron chi connectivity index (χ0n) is 14.2. The van der Waals surface area contributed by atoms with E-state index in [1.165, 1.54) is 11.3 Å². The number of aliphatic hydroxyl groups is 1. The third kappa shape index (κ3) is 3.69. The molecule has 1 heterocycles. The number of hydrogen-bond acceptors (Lipinski definition) is 3. The number of nitrogens with one attached hydrogen (secondary N) is 1. The molecule has 25 heavy (non-hydrogen) atoms. The number of hydrogen-bond donors (Lipinski definition) is 2. The second kappa shape index (κ2) is 7.03. The van der Waals surface area contributed by atoms with Gasteiger partial charge in [0.2, 0.25) is 0 Å². The maximum atomic E-state index is 12.5. The highest BCUT2D eigenvalue weighted by Crippen LogP contribution is 2.38. The van der Waals surface area contributed by atoms with E-state index < -0.39 is 0 Å². The molecule has 0 saturated carbocycles. The van der Waals surface area contributed by atoms with Crippen LogP contribution in [0.4, 0.5) is 5.00 Å². The van der Waals surface area contributed by atoms with Crippen molar-refractivity contribution in [1.29, 1.82) is 0 Å². The quantitative estimate of drug-likeness (QED) is 0.559. The molecule has 1 amide bonds. The third-order valence-corrected chi connectivity index (χ3v) is 4.84. The SMILES string of the molecule is Bc1ccc(-c2csc(NC(=O)c3cccc(B)c3)c2C(=C)O)cc1. The van der Waals surface area contributed by atoms with E-state index in [4.69, 9.17) is 0 Å². The molecular formula is C19H17B2NO2S.